The van der Waals surface area contributed by atoms with Crippen LogP contribution < -0.4 is 11.5 Å². The van der Waals surface area contributed by atoms with Gasteiger partial charge in [-0.2, -0.15) is 0 Å². The van der Waals surface area contributed by atoms with Gasteiger partial charge >= 0.3 is 0 Å². The molecule has 0 aliphatic rings. The average Bonchev–Trinajstić information content (AvgIpc) is 2.39. The molecule has 0 bridgehead atoms. The van der Waals surface area contributed by atoms with E-state index >= 15 is 0 Å². The fourth-order valence-electron chi connectivity index (χ4n) is 1.72. The number of hydrogen-bond acceptors (Lipinski definition) is 6. The quantitative estimate of drug-likeness (QED) is 0.661. The SMILES string of the molecule is Nc1nc2ncnc(N)c2nc1-c1ccccc1. The second-order valence-electron chi connectivity index (χ2n) is 3.75. The Morgan fingerprint density at radius 2 is 1.61 bits per heavy atom. The predicted octanol–water partition coefficient (Wildman–Crippen LogP) is 1.25. The number of rotatable bonds is 1. The van der Waals surface area contributed by atoms with Crippen LogP contribution >= 0.6 is 0 Å². The van der Waals surface area contributed by atoms with Crippen LogP contribution in [0.2, 0.25) is 0 Å². The molecule has 3 rings (SSSR count). The fourth-order valence-corrected chi connectivity index (χ4v) is 1.72. The van der Waals surface area contributed by atoms with Crippen molar-refractivity contribution >= 4 is 22.8 Å². The van der Waals surface area contributed by atoms with Crippen LogP contribution in [0.5, 0.6) is 0 Å². The van der Waals surface area contributed by atoms with Gasteiger partial charge in [0.1, 0.15) is 12.0 Å². The fraction of sp³-hybridized carbons (Fsp3) is 0. The Balaban J connectivity index is 2.31. The average molecular weight is 238 g/mol. The number of fused-ring (bicyclic) bond motifs is 1. The van der Waals surface area contributed by atoms with Gasteiger partial charge in [-0.05, 0) is 0 Å². The monoisotopic (exact) mass is 238 g/mol. The topological polar surface area (TPSA) is 104 Å². The summed E-state index contributed by atoms with van der Waals surface area (Å²) in [6, 6.07) is 9.56. The van der Waals surface area contributed by atoms with Crippen LogP contribution in [-0.2, 0) is 0 Å². The largest absolute Gasteiger partial charge is 0.382 e. The van der Waals surface area contributed by atoms with Gasteiger partial charge in [-0.15, -0.1) is 0 Å². The summed E-state index contributed by atoms with van der Waals surface area (Å²) in [5, 5.41) is 0. The van der Waals surface area contributed by atoms with E-state index < -0.39 is 0 Å². The lowest BCUT2D eigenvalue weighted by molar-refractivity contribution is 1.16. The molecule has 18 heavy (non-hydrogen) atoms. The molecule has 0 atom stereocenters. The molecule has 0 radical (unpaired) electrons. The van der Waals surface area contributed by atoms with Crippen LogP contribution in [0.15, 0.2) is 36.7 Å². The highest BCUT2D eigenvalue weighted by molar-refractivity contribution is 5.85. The first-order chi connectivity index (χ1) is 8.75. The van der Waals surface area contributed by atoms with E-state index in [2.05, 4.69) is 19.9 Å². The lowest BCUT2D eigenvalue weighted by Gasteiger charge is -2.06. The summed E-state index contributed by atoms with van der Waals surface area (Å²) >= 11 is 0. The third-order valence-corrected chi connectivity index (χ3v) is 2.57. The number of benzene rings is 1. The van der Waals surface area contributed by atoms with E-state index in [-0.39, 0.29) is 0 Å². The van der Waals surface area contributed by atoms with E-state index in [9.17, 15) is 0 Å². The van der Waals surface area contributed by atoms with Crippen LogP contribution in [0.3, 0.4) is 0 Å². The first-order valence-corrected chi connectivity index (χ1v) is 5.35. The zero-order chi connectivity index (χ0) is 12.5. The van der Waals surface area contributed by atoms with Crippen LogP contribution in [0.4, 0.5) is 11.6 Å². The predicted molar refractivity (Wildman–Crippen MR) is 69.4 cm³/mol. The van der Waals surface area contributed by atoms with Crippen molar-refractivity contribution in [3.63, 3.8) is 0 Å². The molecule has 0 aliphatic carbocycles. The molecule has 0 fully saturated rings. The number of nitrogen functional groups attached to an aromatic ring is 2. The van der Waals surface area contributed by atoms with E-state index in [0.29, 0.717) is 28.5 Å². The Bertz CT molecular complexity index is 710. The maximum absolute atomic E-state index is 5.89. The Morgan fingerprint density at radius 1 is 0.833 bits per heavy atom. The molecule has 1 aromatic carbocycles. The summed E-state index contributed by atoms with van der Waals surface area (Å²) in [5.74, 6) is 0.622. The third-order valence-electron chi connectivity index (χ3n) is 2.57. The van der Waals surface area contributed by atoms with Crippen molar-refractivity contribution in [2.45, 2.75) is 0 Å². The molecule has 2 aromatic heterocycles. The Labute approximate surface area is 103 Å². The van der Waals surface area contributed by atoms with E-state index in [0.717, 1.165) is 5.56 Å². The van der Waals surface area contributed by atoms with Gasteiger partial charge in [0, 0.05) is 5.56 Å². The number of nitrogens with zero attached hydrogens (tertiary/aromatic N) is 4. The smallest absolute Gasteiger partial charge is 0.185 e. The minimum Gasteiger partial charge on any atom is -0.382 e. The maximum atomic E-state index is 5.89. The second kappa shape index (κ2) is 3.92. The van der Waals surface area contributed by atoms with Gasteiger partial charge < -0.3 is 11.5 Å². The lowest BCUT2D eigenvalue weighted by Crippen LogP contribution is -2.03. The Hall–Kier alpha value is -2.76. The summed E-state index contributed by atoms with van der Waals surface area (Å²) in [5.41, 5.74) is 14.0. The molecule has 88 valence electrons. The molecule has 0 aliphatic heterocycles. The highest BCUT2D eigenvalue weighted by atomic mass is 15.0. The lowest BCUT2D eigenvalue weighted by atomic mass is 10.1. The summed E-state index contributed by atoms with van der Waals surface area (Å²) < 4.78 is 0. The van der Waals surface area contributed by atoms with Gasteiger partial charge in [0.15, 0.2) is 22.8 Å². The molecule has 6 nitrogen and oxygen atoms in total. The Kier molecular flexibility index (Phi) is 2.26. The highest BCUT2D eigenvalue weighted by Crippen LogP contribution is 2.25. The van der Waals surface area contributed by atoms with Crippen LogP contribution in [-0.4, -0.2) is 19.9 Å². The van der Waals surface area contributed by atoms with Crippen molar-refractivity contribution in [2.75, 3.05) is 11.5 Å². The van der Waals surface area contributed by atoms with Crippen molar-refractivity contribution in [1.82, 2.24) is 19.9 Å². The van der Waals surface area contributed by atoms with Gasteiger partial charge in [0.25, 0.3) is 0 Å². The van der Waals surface area contributed by atoms with Crippen molar-refractivity contribution in [2.24, 2.45) is 0 Å². The highest BCUT2D eigenvalue weighted by Gasteiger charge is 2.10. The van der Waals surface area contributed by atoms with Gasteiger partial charge in [0.2, 0.25) is 0 Å². The molecular weight excluding hydrogens is 228 g/mol. The molecule has 2 heterocycles. The summed E-state index contributed by atoms with van der Waals surface area (Å²) in [6.45, 7) is 0. The van der Waals surface area contributed by atoms with E-state index in [1.54, 1.807) is 0 Å². The van der Waals surface area contributed by atoms with E-state index in [1.165, 1.54) is 6.33 Å². The number of hydrogen-bond donors (Lipinski definition) is 2. The first-order valence-electron chi connectivity index (χ1n) is 5.35. The number of aromatic nitrogens is 4. The first kappa shape index (κ1) is 10.4. The normalized spacial score (nSPS) is 10.7. The van der Waals surface area contributed by atoms with Crippen molar-refractivity contribution < 1.29 is 0 Å². The molecule has 0 saturated carbocycles. The number of anilines is 2. The molecule has 4 N–H and O–H groups in total. The number of nitrogens with two attached hydrogens (primary N) is 2. The van der Waals surface area contributed by atoms with Crippen LogP contribution in [0, 0.1) is 0 Å². The molecule has 0 spiro atoms. The van der Waals surface area contributed by atoms with E-state index in [1.807, 2.05) is 30.3 Å². The second-order valence-corrected chi connectivity index (χ2v) is 3.75. The molecule has 0 unspecified atom stereocenters. The molecule has 6 heteroatoms. The van der Waals surface area contributed by atoms with Gasteiger partial charge in [-0.25, -0.2) is 19.9 Å². The molecule has 0 saturated heterocycles. The van der Waals surface area contributed by atoms with Crippen molar-refractivity contribution in [3.05, 3.63) is 36.7 Å². The minimum atomic E-state index is 0.296. The van der Waals surface area contributed by atoms with Gasteiger partial charge in [0.05, 0.1) is 0 Å². The van der Waals surface area contributed by atoms with E-state index in [4.69, 9.17) is 11.5 Å². The molecule has 0 amide bonds. The summed E-state index contributed by atoms with van der Waals surface area (Å²) in [6.07, 6.45) is 1.34. The zero-order valence-electron chi connectivity index (χ0n) is 9.41. The zero-order valence-corrected chi connectivity index (χ0v) is 9.41. The Morgan fingerprint density at radius 3 is 2.39 bits per heavy atom. The molecular formula is C12H10N6. The standard InChI is InChI=1S/C12H10N6/c13-10-9-12(16-6-15-10)18-11(14)8(17-9)7-4-2-1-3-5-7/h1-6H,(H4,13,14,15,16,18). The van der Waals surface area contributed by atoms with Gasteiger partial charge in [-0.1, -0.05) is 30.3 Å². The van der Waals surface area contributed by atoms with Gasteiger partial charge in [-0.3, -0.25) is 0 Å². The van der Waals surface area contributed by atoms with Crippen LogP contribution in [0.1, 0.15) is 0 Å². The summed E-state index contributed by atoms with van der Waals surface area (Å²) in [7, 11) is 0. The maximum Gasteiger partial charge on any atom is 0.185 e. The third kappa shape index (κ3) is 1.60. The molecule has 3 aromatic rings. The minimum absolute atomic E-state index is 0.296. The van der Waals surface area contributed by atoms with Crippen molar-refractivity contribution in [1.29, 1.82) is 0 Å². The van der Waals surface area contributed by atoms with Crippen LogP contribution in [0.25, 0.3) is 22.4 Å². The summed E-state index contributed by atoms with van der Waals surface area (Å²) in [4.78, 5) is 16.5. The van der Waals surface area contributed by atoms with Crippen molar-refractivity contribution in [3.8, 4) is 11.3 Å².